The molecule has 0 radical (unpaired) electrons. The summed E-state index contributed by atoms with van der Waals surface area (Å²) in [5, 5.41) is 6.23. The van der Waals surface area contributed by atoms with Crippen LogP contribution in [0.15, 0.2) is 53.5 Å². The lowest BCUT2D eigenvalue weighted by atomic mass is 10.1. The summed E-state index contributed by atoms with van der Waals surface area (Å²) in [4.78, 5) is 5.65. The highest BCUT2D eigenvalue weighted by atomic mass is 35.5. The zero-order chi connectivity index (χ0) is 15.5. The molecule has 0 saturated heterocycles. The first-order valence-corrected chi connectivity index (χ1v) is 8.29. The van der Waals surface area contributed by atoms with Crippen LogP contribution in [0.5, 0.6) is 0 Å². The van der Waals surface area contributed by atoms with Crippen LogP contribution in [0.1, 0.15) is 12.5 Å². The fourth-order valence-electron chi connectivity index (χ4n) is 2.18. The second-order valence-electron chi connectivity index (χ2n) is 4.91. The first kappa shape index (κ1) is 15.0. The van der Waals surface area contributed by atoms with Gasteiger partial charge in [0.25, 0.3) is 0 Å². The van der Waals surface area contributed by atoms with Gasteiger partial charge in [-0.25, -0.2) is 9.67 Å². The first-order valence-electron chi connectivity index (χ1n) is 7.10. The molecular weight excluding hydrogens is 314 g/mol. The van der Waals surface area contributed by atoms with E-state index in [2.05, 4.69) is 18.1 Å². The van der Waals surface area contributed by atoms with Gasteiger partial charge < -0.3 is 0 Å². The van der Waals surface area contributed by atoms with E-state index in [0.29, 0.717) is 0 Å². The summed E-state index contributed by atoms with van der Waals surface area (Å²) < 4.78 is 1.82. The van der Waals surface area contributed by atoms with Crippen LogP contribution in [0, 0.1) is 0 Å². The Morgan fingerprint density at radius 3 is 2.59 bits per heavy atom. The molecule has 112 valence electrons. The Morgan fingerprint density at radius 1 is 1.14 bits per heavy atom. The molecule has 3 nitrogen and oxygen atoms in total. The zero-order valence-electron chi connectivity index (χ0n) is 12.5. The van der Waals surface area contributed by atoms with Crippen molar-refractivity contribution in [3.63, 3.8) is 0 Å². The lowest BCUT2D eigenvalue weighted by molar-refractivity contribution is 0.732. The molecule has 0 unspecified atom stereocenters. The smallest absolute Gasteiger partial charge is 0.208 e. The lowest BCUT2D eigenvalue weighted by Gasteiger charge is -2.00. The van der Waals surface area contributed by atoms with Gasteiger partial charge in [-0.1, -0.05) is 60.2 Å². The highest BCUT2D eigenvalue weighted by Crippen LogP contribution is 2.22. The van der Waals surface area contributed by atoms with E-state index in [1.54, 1.807) is 11.3 Å². The third-order valence-corrected chi connectivity index (χ3v) is 4.69. The number of para-hydroxylation sites is 1. The van der Waals surface area contributed by atoms with Crippen molar-refractivity contribution in [3.05, 3.63) is 63.9 Å². The fourth-order valence-corrected chi connectivity index (χ4v) is 3.21. The lowest BCUT2D eigenvalue weighted by Crippen LogP contribution is -2.11. The minimum absolute atomic E-state index is 0.728. The average molecular weight is 330 g/mol. The predicted molar refractivity (Wildman–Crippen MR) is 92.6 cm³/mol. The highest BCUT2D eigenvalue weighted by molar-refractivity contribution is 7.12. The van der Waals surface area contributed by atoms with Crippen molar-refractivity contribution in [1.29, 1.82) is 0 Å². The van der Waals surface area contributed by atoms with Gasteiger partial charge in [-0.2, -0.15) is 5.10 Å². The maximum absolute atomic E-state index is 5.94. The number of nitrogens with zero attached hydrogens (tertiary/aromatic N) is 3. The molecule has 0 aliphatic heterocycles. The Balaban J connectivity index is 2.05. The molecule has 2 aromatic carbocycles. The number of hydrogen-bond acceptors (Lipinski definition) is 3. The van der Waals surface area contributed by atoms with Gasteiger partial charge in [0.2, 0.25) is 4.80 Å². The molecule has 3 rings (SSSR count). The van der Waals surface area contributed by atoms with Gasteiger partial charge in [-0.3, -0.25) is 0 Å². The number of halogens is 1. The Labute approximate surface area is 138 Å². The van der Waals surface area contributed by atoms with E-state index < -0.39 is 0 Å². The molecule has 3 aromatic rings. The SMILES string of the molecule is CCc1ccccc1/N=c1/sc(-c2ccc(Cl)cc2)nn1C. The van der Waals surface area contributed by atoms with E-state index in [0.717, 1.165) is 32.5 Å². The van der Waals surface area contributed by atoms with Gasteiger partial charge in [0.05, 0.1) is 5.69 Å². The van der Waals surface area contributed by atoms with Gasteiger partial charge in [-0.05, 0) is 30.2 Å². The van der Waals surface area contributed by atoms with Gasteiger partial charge in [0, 0.05) is 17.6 Å². The van der Waals surface area contributed by atoms with Crippen LogP contribution in [0.3, 0.4) is 0 Å². The summed E-state index contributed by atoms with van der Waals surface area (Å²) in [5.41, 5.74) is 3.30. The second kappa shape index (κ2) is 6.46. The number of rotatable bonds is 3. The third-order valence-electron chi connectivity index (χ3n) is 3.39. The van der Waals surface area contributed by atoms with Crippen LogP contribution in [0.4, 0.5) is 5.69 Å². The van der Waals surface area contributed by atoms with E-state index in [9.17, 15) is 0 Å². The maximum atomic E-state index is 5.94. The molecule has 0 amide bonds. The van der Waals surface area contributed by atoms with Crippen molar-refractivity contribution in [3.8, 4) is 10.6 Å². The van der Waals surface area contributed by atoms with Gasteiger partial charge in [0.1, 0.15) is 5.01 Å². The molecule has 0 fully saturated rings. The molecule has 0 atom stereocenters. The Hall–Kier alpha value is -1.91. The molecule has 0 bridgehead atoms. The van der Waals surface area contributed by atoms with Crippen molar-refractivity contribution in [1.82, 2.24) is 9.78 Å². The van der Waals surface area contributed by atoms with Crippen molar-refractivity contribution in [2.75, 3.05) is 0 Å². The van der Waals surface area contributed by atoms with E-state index in [4.69, 9.17) is 16.6 Å². The van der Waals surface area contributed by atoms with E-state index in [1.807, 2.05) is 54.2 Å². The number of benzene rings is 2. The quantitative estimate of drug-likeness (QED) is 0.690. The molecule has 22 heavy (non-hydrogen) atoms. The standard InChI is InChI=1S/C17H16ClN3S/c1-3-12-6-4-5-7-15(12)19-17-21(2)20-16(22-17)13-8-10-14(18)11-9-13/h4-11H,3H2,1-2H3/b19-17+. The Bertz CT molecular complexity index is 847. The van der Waals surface area contributed by atoms with Crippen LogP contribution in [0.25, 0.3) is 10.6 Å². The number of hydrogen-bond donors (Lipinski definition) is 0. The summed E-state index contributed by atoms with van der Waals surface area (Å²) in [7, 11) is 1.92. The average Bonchev–Trinajstić information content (AvgIpc) is 2.89. The minimum Gasteiger partial charge on any atom is -0.241 e. The van der Waals surface area contributed by atoms with Crippen LogP contribution in [-0.2, 0) is 13.5 Å². The van der Waals surface area contributed by atoms with Crippen molar-refractivity contribution >= 4 is 28.6 Å². The van der Waals surface area contributed by atoms with Crippen LogP contribution in [0.2, 0.25) is 5.02 Å². The van der Waals surface area contributed by atoms with Crippen molar-refractivity contribution < 1.29 is 0 Å². The predicted octanol–water partition coefficient (Wildman–Crippen LogP) is 4.60. The molecule has 5 heteroatoms. The minimum atomic E-state index is 0.728. The van der Waals surface area contributed by atoms with Crippen molar-refractivity contribution in [2.45, 2.75) is 13.3 Å². The number of aryl methyl sites for hydroxylation is 2. The van der Waals surface area contributed by atoms with Gasteiger partial charge in [0.15, 0.2) is 0 Å². The topological polar surface area (TPSA) is 30.2 Å². The van der Waals surface area contributed by atoms with E-state index in [1.165, 1.54) is 5.56 Å². The van der Waals surface area contributed by atoms with Crippen LogP contribution in [-0.4, -0.2) is 9.78 Å². The molecule has 1 heterocycles. The Morgan fingerprint density at radius 2 is 1.86 bits per heavy atom. The zero-order valence-corrected chi connectivity index (χ0v) is 14.0. The largest absolute Gasteiger partial charge is 0.241 e. The second-order valence-corrected chi connectivity index (χ2v) is 6.31. The Kier molecular flexibility index (Phi) is 4.41. The molecule has 0 spiro atoms. The van der Waals surface area contributed by atoms with Crippen LogP contribution < -0.4 is 4.80 Å². The normalized spacial score (nSPS) is 11.9. The summed E-state index contributed by atoms with van der Waals surface area (Å²) >= 11 is 7.51. The van der Waals surface area contributed by atoms with E-state index >= 15 is 0 Å². The third kappa shape index (κ3) is 3.13. The monoisotopic (exact) mass is 329 g/mol. The molecule has 0 N–H and O–H groups in total. The van der Waals surface area contributed by atoms with Crippen LogP contribution >= 0.6 is 22.9 Å². The maximum Gasteiger partial charge on any atom is 0.208 e. The molecule has 1 aromatic heterocycles. The molecule has 0 saturated carbocycles. The molecule has 0 aliphatic rings. The van der Waals surface area contributed by atoms with E-state index in [-0.39, 0.29) is 0 Å². The summed E-state index contributed by atoms with van der Waals surface area (Å²) in [6, 6.07) is 15.9. The summed E-state index contributed by atoms with van der Waals surface area (Å²) in [5.74, 6) is 0. The molecular formula is C17H16ClN3S. The summed E-state index contributed by atoms with van der Waals surface area (Å²) in [6.45, 7) is 2.14. The number of aromatic nitrogens is 2. The van der Waals surface area contributed by atoms with Gasteiger partial charge >= 0.3 is 0 Å². The molecule has 0 aliphatic carbocycles. The highest BCUT2D eigenvalue weighted by Gasteiger charge is 2.06. The fraction of sp³-hybridized carbons (Fsp3) is 0.176. The summed E-state index contributed by atoms with van der Waals surface area (Å²) in [6.07, 6.45) is 0.965. The van der Waals surface area contributed by atoms with Crippen molar-refractivity contribution in [2.24, 2.45) is 12.0 Å². The first-order chi connectivity index (χ1) is 10.7. The van der Waals surface area contributed by atoms with Gasteiger partial charge in [-0.15, -0.1) is 0 Å².